The highest BCUT2D eigenvalue weighted by Gasteiger charge is 2.26. The van der Waals surface area contributed by atoms with Crippen LogP contribution in [0.25, 0.3) is 11.2 Å². The standard InChI is InChI=1S/C15H19ClN6O3/c16-14-18-12(20-5-7-25-8-6-20)11-13(19-14)22(9-17-11)10-1-3-21(4-2-10)15(23)24/h9-10H,1-8H2,(H,23,24). The van der Waals surface area contributed by atoms with E-state index in [2.05, 4.69) is 19.9 Å². The number of likely N-dealkylation sites (tertiary alicyclic amines) is 1. The number of anilines is 1. The van der Waals surface area contributed by atoms with Crippen LogP contribution in [0.5, 0.6) is 0 Å². The number of carbonyl (C=O) groups is 1. The molecular formula is C15H19ClN6O3. The fourth-order valence-electron chi connectivity index (χ4n) is 3.47. The predicted molar refractivity (Wildman–Crippen MR) is 91.2 cm³/mol. The summed E-state index contributed by atoms with van der Waals surface area (Å²) in [5.74, 6) is 0.736. The number of halogens is 1. The van der Waals surface area contributed by atoms with Gasteiger partial charge in [-0.1, -0.05) is 0 Å². The molecule has 0 saturated carbocycles. The van der Waals surface area contributed by atoms with Crippen molar-refractivity contribution in [3.8, 4) is 0 Å². The third kappa shape index (κ3) is 3.09. The highest BCUT2D eigenvalue weighted by molar-refractivity contribution is 6.28. The molecule has 4 rings (SSSR count). The van der Waals surface area contributed by atoms with Crippen LogP contribution in [-0.2, 0) is 4.74 Å². The molecule has 2 aliphatic rings. The van der Waals surface area contributed by atoms with Crippen molar-refractivity contribution in [2.24, 2.45) is 0 Å². The van der Waals surface area contributed by atoms with E-state index in [9.17, 15) is 4.79 Å². The van der Waals surface area contributed by atoms with Crippen molar-refractivity contribution in [1.82, 2.24) is 24.4 Å². The molecule has 0 spiro atoms. The van der Waals surface area contributed by atoms with Crippen molar-refractivity contribution in [2.75, 3.05) is 44.3 Å². The van der Waals surface area contributed by atoms with E-state index >= 15 is 0 Å². The van der Waals surface area contributed by atoms with Gasteiger partial charge < -0.3 is 24.2 Å². The van der Waals surface area contributed by atoms with Gasteiger partial charge in [0.2, 0.25) is 5.28 Å². The Hall–Kier alpha value is -2.13. The molecule has 0 aliphatic carbocycles. The van der Waals surface area contributed by atoms with Gasteiger partial charge in [0.15, 0.2) is 17.0 Å². The molecule has 0 unspecified atom stereocenters. The normalized spacial score (nSPS) is 19.6. The summed E-state index contributed by atoms with van der Waals surface area (Å²) in [6.45, 7) is 3.80. The Morgan fingerprint density at radius 2 is 1.92 bits per heavy atom. The van der Waals surface area contributed by atoms with Crippen LogP contribution < -0.4 is 4.90 Å². The SMILES string of the molecule is O=C(O)N1CCC(n2cnc3c(N4CCOCC4)nc(Cl)nc32)CC1. The van der Waals surface area contributed by atoms with Gasteiger partial charge in [-0.3, -0.25) is 0 Å². The molecule has 2 fully saturated rings. The maximum atomic E-state index is 11.1. The molecule has 2 aromatic rings. The Morgan fingerprint density at radius 3 is 2.60 bits per heavy atom. The van der Waals surface area contributed by atoms with E-state index in [0.717, 1.165) is 37.3 Å². The molecule has 25 heavy (non-hydrogen) atoms. The zero-order valence-corrected chi connectivity index (χ0v) is 14.4. The highest BCUT2D eigenvalue weighted by atomic mass is 35.5. The topological polar surface area (TPSA) is 96.6 Å². The molecule has 0 bridgehead atoms. The van der Waals surface area contributed by atoms with Crippen molar-refractivity contribution in [3.63, 3.8) is 0 Å². The van der Waals surface area contributed by atoms with Gasteiger partial charge in [0.25, 0.3) is 0 Å². The minimum Gasteiger partial charge on any atom is -0.465 e. The average molecular weight is 367 g/mol. The first-order valence-corrected chi connectivity index (χ1v) is 8.72. The molecule has 2 aliphatic heterocycles. The van der Waals surface area contributed by atoms with Crippen LogP contribution in [0.3, 0.4) is 0 Å². The van der Waals surface area contributed by atoms with Crippen LogP contribution in [-0.4, -0.2) is 75.0 Å². The monoisotopic (exact) mass is 366 g/mol. The zero-order chi connectivity index (χ0) is 17.4. The number of aromatic nitrogens is 4. The van der Waals surface area contributed by atoms with Crippen LogP contribution in [0.2, 0.25) is 5.28 Å². The van der Waals surface area contributed by atoms with E-state index in [-0.39, 0.29) is 11.3 Å². The summed E-state index contributed by atoms with van der Waals surface area (Å²) in [6.07, 6.45) is 2.35. The van der Waals surface area contributed by atoms with Crippen molar-refractivity contribution in [2.45, 2.75) is 18.9 Å². The molecule has 2 saturated heterocycles. The number of ether oxygens (including phenoxy) is 1. The van der Waals surface area contributed by atoms with Gasteiger partial charge in [0.1, 0.15) is 0 Å². The summed E-state index contributed by atoms with van der Waals surface area (Å²) in [7, 11) is 0. The third-order valence-corrected chi connectivity index (χ3v) is 4.98. The first-order valence-electron chi connectivity index (χ1n) is 8.34. The maximum absolute atomic E-state index is 11.1. The fraction of sp³-hybridized carbons (Fsp3) is 0.600. The van der Waals surface area contributed by atoms with E-state index in [4.69, 9.17) is 21.4 Å². The van der Waals surface area contributed by atoms with Crippen molar-refractivity contribution >= 4 is 34.7 Å². The molecule has 0 aromatic carbocycles. The number of fused-ring (bicyclic) bond motifs is 1. The number of carboxylic acid groups (broad SMARTS) is 1. The number of imidazole rings is 1. The van der Waals surface area contributed by atoms with Gasteiger partial charge in [0.05, 0.1) is 19.5 Å². The predicted octanol–water partition coefficient (Wildman–Crippen LogP) is 1.63. The third-order valence-electron chi connectivity index (χ3n) is 4.81. The fourth-order valence-corrected chi connectivity index (χ4v) is 3.63. The number of piperidine rings is 1. The summed E-state index contributed by atoms with van der Waals surface area (Å²) >= 11 is 6.17. The number of hydrogen-bond donors (Lipinski definition) is 1. The largest absolute Gasteiger partial charge is 0.465 e. The summed E-state index contributed by atoms with van der Waals surface area (Å²) in [5, 5.41) is 9.29. The van der Waals surface area contributed by atoms with Crippen molar-refractivity contribution in [1.29, 1.82) is 0 Å². The Bertz CT molecular complexity index is 783. The Kier molecular flexibility index (Phi) is 4.34. The summed E-state index contributed by atoms with van der Waals surface area (Å²) in [4.78, 5) is 27.9. The molecule has 1 amide bonds. The van der Waals surface area contributed by atoms with Gasteiger partial charge in [0, 0.05) is 32.2 Å². The van der Waals surface area contributed by atoms with Gasteiger partial charge >= 0.3 is 6.09 Å². The smallest absolute Gasteiger partial charge is 0.407 e. The quantitative estimate of drug-likeness (QED) is 0.807. The van der Waals surface area contributed by atoms with Crippen LogP contribution in [0, 0.1) is 0 Å². The first kappa shape index (κ1) is 16.3. The lowest BCUT2D eigenvalue weighted by atomic mass is 10.1. The van der Waals surface area contributed by atoms with Crippen molar-refractivity contribution < 1.29 is 14.6 Å². The molecule has 134 valence electrons. The molecule has 2 aromatic heterocycles. The molecule has 0 atom stereocenters. The summed E-state index contributed by atoms with van der Waals surface area (Å²) < 4.78 is 7.40. The second-order valence-electron chi connectivity index (χ2n) is 6.24. The highest BCUT2D eigenvalue weighted by Crippen LogP contribution is 2.30. The second-order valence-corrected chi connectivity index (χ2v) is 6.58. The van der Waals surface area contributed by atoms with Crippen LogP contribution >= 0.6 is 11.6 Å². The molecule has 1 N–H and O–H groups in total. The van der Waals surface area contributed by atoms with E-state index in [1.165, 1.54) is 4.90 Å². The van der Waals surface area contributed by atoms with E-state index in [1.54, 1.807) is 6.33 Å². The minimum absolute atomic E-state index is 0.157. The average Bonchev–Trinajstić information content (AvgIpc) is 3.05. The Morgan fingerprint density at radius 1 is 1.20 bits per heavy atom. The number of nitrogens with zero attached hydrogens (tertiary/aromatic N) is 6. The van der Waals surface area contributed by atoms with Crippen LogP contribution in [0.15, 0.2) is 6.33 Å². The number of amides is 1. The lowest BCUT2D eigenvalue weighted by Gasteiger charge is -2.31. The van der Waals surface area contributed by atoms with Gasteiger partial charge in [-0.15, -0.1) is 0 Å². The van der Waals surface area contributed by atoms with E-state index in [1.807, 2.05) is 4.57 Å². The summed E-state index contributed by atoms with van der Waals surface area (Å²) in [5.41, 5.74) is 1.43. The Balaban J connectivity index is 1.65. The number of rotatable bonds is 2. The molecular weight excluding hydrogens is 348 g/mol. The van der Waals surface area contributed by atoms with Gasteiger partial charge in [-0.05, 0) is 24.4 Å². The minimum atomic E-state index is -0.867. The number of morpholine rings is 1. The van der Waals surface area contributed by atoms with Crippen LogP contribution in [0.1, 0.15) is 18.9 Å². The lowest BCUT2D eigenvalue weighted by Crippen LogP contribution is -2.38. The molecule has 9 nitrogen and oxygen atoms in total. The molecule has 10 heteroatoms. The van der Waals surface area contributed by atoms with Crippen LogP contribution in [0.4, 0.5) is 10.6 Å². The Labute approximate surface area is 149 Å². The molecule has 0 radical (unpaired) electrons. The maximum Gasteiger partial charge on any atom is 0.407 e. The van der Waals surface area contributed by atoms with Gasteiger partial charge in [-0.2, -0.15) is 9.97 Å². The first-order chi connectivity index (χ1) is 12.1. The van der Waals surface area contributed by atoms with Gasteiger partial charge in [-0.25, -0.2) is 9.78 Å². The second kappa shape index (κ2) is 6.64. The lowest BCUT2D eigenvalue weighted by molar-refractivity contribution is 0.122. The van der Waals surface area contributed by atoms with Crippen molar-refractivity contribution in [3.05, 3.63) is 11.6 Å². The summed E-state index contributed by atoms with van der Waals surface area (Å²) in [6, 6.07) is 0.157. The van der Waals surface area contributed by atoms with E-state index < -0.39 is 6.09 Å². The zero-order valence-electron chi connectivity index (χ0n) is 13.6. The number of hydrogen-bond acceptors (Lipinski definition) is 6. The van der Waals surface area contributed by atoms with E-state index in [0.29, 0.717) is 32.0 Å². The molecule has 4 heterocycles.